The van der Waals surface area contributed by atoms with Crippen molar-refractivity contribution in [3.8, 4) is 0 Å². The molecule has 3 heteroatoms. The summed E-state index contributed by atoms with van der Waals surface area (Å²) in [5.41, 5.74) is -0.307. The highest BCUT2D eigenvalue weighted by atomic mass is 16.8. The zero-order valence-electron chi connectivity index (χ0n) is 8.30. The maximum Gasteiger partial charge on any atom is 0.334 e. The third-order valence-electron chi connectivity index (χ3n) is 2.04. The Morgan fingerprint density at radius 3 is 2.36 bits per heavy atom. The van der Waals surface area contributed by atoms with Gasteiger partial charge in [0.05, 0.1) is 1.37 Å². The monoisotopic (exact) mass is 159 g/mol. The molecule has 1 saturated heterocycles. The van der Waals surface area contributed by atoms with Crippen molar-refractivity contribution in [1.82, 2.24) is 0 Å². The first kappa shape index (κ1) is 7.10. The fourth-order valence-electron chi connectivity index (χ4n) is 0.730. The molecule has 0 unspecified atom stereocenters. The lowest BCUT2D eigenvalue weighted by molar-refractivity contribution is -0.210. The van der Waals surface area contributed by atoms with Crippen LogP contribution in [0.25, 0.3) is 0 Å². The van der Waals surface area contributed by atoms with Crippen LogP contribution in [0.1, 0.15) is 29.1 Å². The average Bonchev–Trinajstić information content (AvgIpc) is 2.06. The van der Waals surface area contributed by atoms with Gasteiger partial charge in [0.15, 0.2) is 0 Å². The number of hydrogen-bond acceptors (Lipinski definition) is 3. The van der Waals surface area contributed by atoms with Crippen LogP contribution in [-0.4, -0.2) is 18.3 Å². The van der Waals surface area contributed by atoms with E-state index < -0.39 is 18.3 Å². The highest BCUT2D eigenvalue weighted by Crippen LogP contribution is 2.37. The SMILES string of the molecule is [2H][C@@H]1O[C@@](C)(C(C)(C)C)OC1=O. The molecule has 11 heavy (non-hydrogen) atoms. The first-order valence-electron chi connectivity index (χ1n) is 4.17. The Bertz CT molecular complexity index is 209. The Labute approximate surface area is 68.1 Å². The van der Waals surface area contributed by atoms with Crippen LogP contribution in [0.15, 0.2) is 0 Å². The van der Waals surface area contributed by atoms with Crippen molar-refractivity contribution in [2.75, 3.05) is 6.58 Å². The molecule has 0 radical (unpaired) electrons. The number of cyclic esters (lactones) is 1. The van der Waals surface area contributed by atoms with Gasteiger partial charge in [-0.15, -0.1) is 0 Å². The van der Waals surface area contributed by atoms with E-state index in [1.807, 2.05) is 20.8 Å². The summed E-state index contributed by atoms with van der Waals surface area (Å²) in [6, 6.07) is 0. The molecule has 0 amide bonds. The van der Waals surface area contributed by atoms with E-state index in [0.717, 1.165) is 0 Å². The highest BCUT2D eigenvalue weighted by molar-refractivity contribution is 5.72. The Morgan fingerprint density at radius 2 is 2.18 bits per heavy atom. The van der Waals surface area contributed by atoms with Crippen LogP contribution in [0.3, 0.4) is 0 Å². The predicted molar refractivity (Wildman–Crippen MR) is 39.9 cm³/mol. The third-order valence-corrected chi connectivity index (χ3v) is 2.04. The lowest BCUT2D eigenvalue weighted by Gasteiger charge is -2.34. The van der Waals surface area contributed by atoms with Crippen molar-refractivity contribution >= 4 is 5.97 Å². The summed E-state index contributed by atoms with van der Waals surface area (Å²) in [5.74, 6) is -1.57. The Morgan fingerprint density at radius 1 is 1.64 bits per heavy atom. The topological polar surface area (TPSA) is 35.5 Å². The molecule has 0 aromatic heterocycles. The van der Waals surface area contributed by atoms with Crippen LogP contribution in [-0.2, 0) is 14.3 Å². The van der Waals surface area contributed by atoms with Gasteiger partial charge in [-0.1, -0.05) is 20.8 Å². The van der Waals surface area contributed by atoms with E-state index in [4.69, 9.17) is 10.8 Å². The number of esters is 1. The fourth-order valence-corrected chi connectivity index (χ4v) is 0.730. The third kappa shape index (κ3) is 1.38. The van der Waals surface area contributed by atoms with Gasteiger partial charge in [0, 0.05) is 12.3 Å². The predicted octanol–water partition coefficient (Wildman–Crippen LogP) is 1.32. The van der Waals surface area contributed by atoms with Gasteiger partial charge in [-0.3, -0.25) is 0 Å². The van der Waals surface area contributed by atoms with Gasteiger partial charge >= 0.3 is 5.97 Å². The molecule has 3 nitrogen and oxygen atoms in total. The van der Waals surface area contributed by atoms with E-state index in [2.05, 4.69) is 0 Å². The summed E-state index contributed by atoms with van der Waals surface area (Å²) in [6.07, 6.45) is 0. The van der Waals surface area contributed by atoms with Gasteiger partial charge in [-0.25, -0.2) is 4.79 Å². The Balaban J connectivity index is 2.84. The summed E-state index contributed by atoms with van der Waals surface area (Å²) < 4.78 is 17.3. The lowest BCUT2D eigenvalue weighted by Crippen LogP contribution is -2.41. The van der Waals surface area contributed by atoms with Gasteiger partial charge in [-0.05, 0) is 0 Å². The van der Waals surface area contributed by atoms with E-state index >= 15 is 0 Å². The van der Waals surface area contributed by atoms with Crippen LogP contribution >= 0.6 is 0 Å². The summed E-state index contributed by atoms with van der Waals surface area (Å²) in [5, 5.41) is 0. The van der Waals surface area contributed by atoms with Crippen LogP contribution in [0.2, 0.25) is 0 Å². The van der Waals surface area contributed by atoms with Crippen molar-refractivity contribution < 1.29 is 15.6 Å². The number of rotatable bonds is 0. The van der Waals surface area contributed by atoms with E-state index in [1.54, 1.807) is 6.92 Å². The molecule has 0 saturated carbocycles. The molecule has 0 aromatic carbocycles. The second-order valence-corrected chi connectivity index (χ2v) is 3.85. The normalized spacial score (nSPS) is 40.2. The highest BCUT2D eigenvalue weighted by Gasteiger charge is 2.47. The van der Waals surface area contributed by atoms with E-state index in [9.17, 15) is 4.79 Å². The van der Waals surface area contributed by atoms with Gasteiger partial charge in [0.2, 0.25) is 5.79 Å². The van der Waals surface area contributed by atoms with Gasteiger partial charge in [0.1, 0.15) is 6.58 Å². The second kappa shape index (κ2) is 2.21. The van der Waals surface area contributed by atoms with Crippen molar-refractivity contribution in [3.05, 3.63) is 0 Å². The standard InChI is InChI=1S/C8H14O3/c1-7(2,3)8(4)10-5-6(9)11-8/h5H2,1-4H3/t8-/m1/s1/i5D/t5-,8+/m0. The average molecular weight is 159 g/mol. The molecule has 1 rings (SSSR count). The molecular formula is C8H14O3. The van der Waals surface area contributed by atoms with Gasteiger partial charge < -0.3 is 9.47 Å². The van der Waals surface area contributed by atoms with Crippen molar-refractivity contribution in [1.29, 1.82) is 0 Å². The molecule has 64 valence electrons. The van der Waals surface area contributed by atoms with Crippen LogP contribution < -0.4 is 0 Å². The van der Waals surface area contributed by atoms with E-state index in [0.29, 0.717) is 0 Å². The first-order chi connectivity index (χ1) is 5.26. The van der Waals surface area contributed by atoms with E-state index in [-0.39, 0.29) is 5.41 Å². The number of ether oxygens (including phenoxy) is 2. The summed E-state index contributed by atoms with van der Waals surface area (Å²) in [4.78, 5) is 10.9. The molecule has 0 N–H and O–H groups in total. The molecule has 1 heterocycles. The molecular weight excluding hydrogens is 144 g/mol. The second-order valence-electron chi connectivity index (χ2n) is 3.85. The molecule has 0 spiro atoms. The Kier molecular flexibility index (Phi) is 1.42. The quantitative estimate of drug-likeness (QED) is 0.500. The zero-order chi connectivity index (χ0) is 9.57. The lowest BCUT2D eigenvalue weighted by atomic mass is 9.87. The van der Waals surface area contributed by atoms with Crippen LogP contribution in [0, 0.1) is 5.41 Å². The Hall–Kier alpha value is -0.570. The summed E-state index contributed by atoms with van der Waals surface area (Å²) in [6.45, 7) is 6.20. The molecule has 1 aliphatic rings. The fraction of sp³-hybridized carbons (Fsp3) is 0.875. The number of carbonyl (C=O) groups is 1. The van der Waals surface area contributed by atoms with Crippen molar-refractivity contribution in [3.63, 3.8) is 0 Å². The van der Waals surface area contributed by atoms with Crippen molar-refractivity contribution in [2.45, 2.75) is 33.5 Å². The molecule has 0 aliphatic carbocycles. The summed E-state index contributed by atoms with van der Waals surface area (Å²) >= 11 is 0. The minimum Gasteiger partial charge on any atom is -0.431 e. The molecule has 2 atom stereocenters. The van der Waals surface area contributed by atoms with Gasteiger partial charge in [0.25, 0.3) is 0 Å². The molecule has 1 aliphatic heterocycles. The van der Waals surface area contributed by atoms with Crippen molar-refractivity contribution in [2.24, 2.45) is 5.41 Å². The maximum atomic E-state index is 10.9. The molecule has 0 bridgehead atoms. The maximum absolute atomic E-state index is 10.9. The minimum absolute atomic E-state index is 0.307. The smallest absolute Gasteiger partial charge is 0.334 e. The molecule has 0 aromatic rings. The minimum atomic E-state index is -1.19. The number of carbonyl (C=O) groups excluding carboxylic acids is 1. The van der Waals surface area contributed by atoms with Crippen LogP contribution in [0.4, 0.5) is 0 Å². The summed E-state index contributed by atoms with van der Waals surface area (Å²) in [7, 11) is 0. The largest absolute Gasteiger partial charge is 0.431 e. The first-order valence-corrected chi connectivity index (χ1v) is 3.59. The van der Waals surface area contributed by atoms with Gasteiger partial charge in [-0.2, -0.15) is 0 Å². The number of hydrogen-bond donors (Lipinski definition) is 0. The van der Waals surface area contributed by atoms with E-state index in [1.165, 1.54) is 0 Å². The van der Waals surface area contributed by atoms with Crippen LogP contribution in [0.5, 0.6) is 0 Å². The zero-order valence-corrected chi connectivity index (χ0v) is 7.30. The molecule has 1 fully saturated rings.